The highest BCUT2D eigenvalue weighted by Crippen LogP contribution is 2.28. The van der Waals surface area contributed by atoms with E-state index in [0.717, 1.165) is 30.8 Å². The molecule has 2 aromatic heterocycles. The summed E-state index contributed by atoms with van der Waals surface area (Å²) in [7, 11) is 0. The fraction of sp³-hybridized carbons (Fsp3) is 0.667. The van der Waals surface area contributed by atoms with Gasteiger partial charge in [-0.25, -0.2) is 9.67 Å². The second-order valence-corrected chi connectivity index (χ2v) is 6.93. The van der Waals surface area contributed by atoms with E-state index in [0.29, 0.717) is 17.8 Å². The highest BCUT2D eigenvalue weighted by atomic mass is 32.1. The second kappa shape index (κ2) is 7.30. The van der Waals surface area contributed by atoms with Crippen molar-refractivity contribution in [2.75, 3.05) is 6.54 Å². The smallest absolute Gasteiger partial charge is 0.108 e. The van der Waals surface area contributed by atoms with Gasteiger partial charge in [-0.05, 0) is 19.8 Å². The highest BCUT2D eigenvalue weighted by molar-refractivity contribution is 7.09. The van der Waals surface area contributed by atoms with Crippen molar-refractivity contribution >= 4 is 11.3 Å². The molecular formula is C15H23N5OS. The minimum absolute atomic E-state index is 0.0476. The van der Waals surface area contributed by atoms with Gasteiger partial charge in [0.25, 0.3) is 0 Å². The summed E-state index contributed by atoms with van der Waals surface area (Å²) in [5.41, 5.74) is 1.81. The normalized spacial score (nSPS) is 22.1. The van der Waals surface area contributed by atoms with Crippen molar-refractivity contribution < 1.29 is 5.11 Å². The average molecular weight is 321 g/mol. The molecule has 3 rings (SSSR count). The zero-order valence-electron chi connectivity index (χ0n) is 12.9. The van der Waals surface area contributed by atoms with Gasteiger partial charge in [-0.2, -0.15) is 0 Å². The zero-order valence-corrected chi connectivity index (χ0v) is 13.7. The summed E-state index contributed by atoms with van der Waals surface area (Å²) in [5.74, 6) is 0. The monoisotopic (exact) mass is 321 g/mol. The maximum atomic E-state index is 9.15. The van der Waals surface area contributed by atoms with Gasteiger partial charge in [0.1, 0.15) is 5.69 Å². The Morgan fingerprint density at radius 3 is 2.95 bits per heavy atom. The predicted octanol–water partition coefficient (Wildman–Crippen LogP) is 1.85. The maximum Gasteiger partial charge on any atom is 0.108 e. The highest BCUT2D eigenvalue weighted by Gasteiger charge is 2.27. The van der Waals surface area contributed by atoms with E-state index >= 15 is 0 Å². The summed E-state index contributed by atoms with van der Waals surface area (Å²) in [4.78, 5) is 4.51. The molecule has 0 saturated heterocycles. The zero-order chi connectivity index (χ0) is 15.4. The SMILES string of the molecule is Cc1nc(CCN[C@H]2CCCC[C@H]2n2cc(CO)nn2)cs1. The van der Waals surface area contributed by atoms with Crippen molar-refractivity contribution in [2.45, 2.75) is 57.7 Å². The number of aliphatic hydroxyl groups is 1. The summed E-state index contributed by atoms with van der Waals surface area (Å²) < 4.78 is 1.93. The van der Waals surface area contributed by atoms with Gasteiger partial charge in [0.15, 0.2) is 0 Å². The molecule has 0 bridgehead atoms. The Bertz CT molecular complexity index is 596. The van der Waals surface area contributed by atoms with Crippen LogP contribution in [-0.2, 0) is 13.0 Å². The van der Waals surface area contributed by atoms with E-state index in [1.165, 1.54) is 18.5 Å². The van der Waals surface area contributed by atoms with Gasteiger partial charge in [-0.1, -0.05) is 18.1 Å². The summed E-state index contributed by atoms with van der Waals surface area (Å²) in [6, 6.07) is 0.750. The van der Waals surface area contributed by atoms with Crippen LogP contribution < -0.4 is 5.32 Å². The summed E-state index contributed by atoms with van der Waals surface area (Å²) in [5, 5.41) is 24.3. The Morgan fingerprint density at radius 2 is 2.23 bits per heavy atom. The topological polar surface area (TPSA) is 75.9 Å². The first-order chi connectivity index (χ1) is 10.8. The molecule has 0 aromatic carbocycles. The molecule has 2 N–H and O–H groups in total. The second-order valence-electron chi connectivity index (χ2n) is 5.87. The number of thiazole rings is 1. The molecule has 0 spiro atoms. The van der Waals surface area contributed by atoms with E-state index < -0.39 is 0 Å². The van der Waals surface area contributed by atoms with Gasteiger partial charge in [-0.3, -0.25) is 0 Å². The largest absolute Gasteiger partial charge is 0.390 e. The summed E-state index contributed by atoms with van der Waals surface area (Å²) >= 11 is 1.71. The molecule has 2 aromatic rings. The third kappa shape index (κ3) is 3.71. The summed E-state index contributed by atoms with van der Waals surface area (Å²) in [6.07, 6.45) is 7.59. The molecular weight excluding hydrogens is 298 g/mol. The first kappa shape index (κ1) is 15.6. The number of aliphatic hydroxyl groups excluding tert-OH is 1. The van der Waals surface area contributed by atoms with E-state index in [2.05, 4.69) is 26.0 Å². The molecule has 2 heterocycles. The van der Waals surface area contributed by atoms with Gasteiger partial charge in [0.05, 0.1) is 29.5 Å². The predicted molar refractivity (Wildman–Crippen MR) is 85.8 cm³/mol. The number of nitrogens with zero attached hydrogens (tertiary/aromatic N) is 4. The van der Waals surface area contributed by atoms with Gasteiger partial charge >= 0.3 is 0 Å². The van der Waals surface area contributed by atoms with E-state index in [4.69, 9.17) is 5.11 Å². The first-order valence-corrected chi connectivity index (χ1v) is 8.80. The quantitative estimate of drug-likeness (QED) is 0.849. The molecule has 0 amide bonds. The lowest BCUT2D eigenvalue weighted by molar-refractivity contribution is 0.244. The van der Waals surface area contributed by atoms with Crippen molar-refractivity contribution in [3.8, 4) is 0 Å². The molecule has 1 aliphatic carbocycles. The number of hydrogen-bond donors (Lipinski definition) is 2. The van der Waals surface area contributed by atoms with Crippen LogP contribution in [0.4, 0.5) is 0 Å². The lowest BCUT2D eigenvalue weighted by Crippen LogP contribution is -2.41. The first-order valence-electron chi connectivity index (χ1n) is 7.92. The van der Waals surface area contributed by atoms with Crippen molar-refractivity contribution in [1.29, 1.82) is 0 Å². The maximum absolute atomic E-state index is 9.15. The number of aromatic nitrogens is 4. The molecule has 0 aliphatic heterocycles. The molecule has 22 heavy (non-hydrogen) atoms. The van der Waals surface area contributed by atoms with Crippen LogP contribution in [-0.4, -0.2) is 37.7 Å². The van der Waals surface area contributed by atoms with Gasteiger partial charge in [-0.15, -0.1) is 16.4 Å². The molecule has 2 atom stereocenters. The Balaban J connectivity index is 1.57. The average Bonchev–Trinajstić information content (AvgIpc) is 3.17. The third-order valence-electron chi connectivity index (χ3n) is 4.24. The van der Waals surface area contributed by atoms with Crippen LogP contribution in [0, 0.1) is 6.92 Å². The Labute approximate surface area is 134 Å². The number of nitrogens with one attached hydrogen (secondary N) is 1. The standard InChI is InChI=1S/C15H23N5OS/c1-11-17-12(10-22-11)6-7-16-14-4-2-3-5-15(14)20-8-13(9-21)18-19-20/h8,10,14-16,21H,2-7,9H2,1H3/t14-,15+/m0/s1. The molecule has 1 aliphatic rings. The number of hydrogen-bond acceptors (Lipinski definition) is 6. The molecule has 7 heteroatoms. The van der Waals surface area contributed by atoms with Crippen LogP contribution in [0.5, 0.6) is 0 Å². The van der Waals surface area contributed by atoms with Crippen LogP contribution in [0.2, 0.25) is 0 Å². The van der Waals surface area contributed by atoms with Crippen molar-refractivity contribution in [1.82, 2.24) is 25.3 Å². The van der Waals surface area contributed by atoms with Gasteiger partial charge < -0.3 is 10.4 Å². The third-order valence-corrected chi connectivity index (χ3v) is 5.07. The van der Waals surface area contributed by atoms with E-state index in [1.807, 2.05) is 17.8 Å². The molecule has 6 nitrogen and oxygen atoms in total. The van der Waals surface area contributed by atoms with Crippen LogP contribution >= 0.6 is 11.3 Å². The summed E-state index contributed by atoms with van der Waals surface area (Å²) in [6.45, 7) is 2.93. The lowest BCUT2D eigenvalue weighted by atomic mass is 9.90. The fourth-order valence-electron chi connectivity index (χ4n) is 3.12. The Morgan fingerprint density at radius 1 is 1.36 bits per heavy atom. The molecule has 0 radical (unpaired) electrons. The Kier molecular flexibility index (Phi) is 5.17. The van der Waals surface area contributed by atoms with Crippen LogP contribution in [0.1, 0.15) is 48.1 Å². The van der Waals surface area contributed by atoms with Crippen molar-refractivity contribution in [3.63, 3.8) is 0 Å². The van der Waals surface area contributed by atoms with Gasteiger partial charge in [0.2, 0.25) is 0 Å². The van der Waals surface area contributed by atoms with Gasteiger partial charge in [0, 0.05) is 24.4 Å². The van der Waals surface area contributed by atoms with Crippen LogP contribution in [0.15, 0.2) is 11.6 Å². The van der Waals surface area contributed by atoms with E-state index in [1.54, 1.807) is 11.3 Å². The molecule has 1 saturated carbocycles. The lowest BCUT2D eigenvalue weighted by Gasteiger charge is -2.32. The fourth-order valence-corrected chi connectivity index (χ4v) is 3.77. The number of aryl methyl sites for hydroxylation is 1. The van der Waals surface area contributed by atoms with Crippen LogP contribution in [0.25, 0.3) is 0 Å². The van der Waals surface area contributed by atoms with Crippen LogP contribution in [0.3, 0.4) is 0 Å². The molecule has 0 unspecified atom stereocenters. The van der Waals surface area contributed by atoms with Crippen molar-refractivity contribution in [3.05, 3.63) is 28.0 Å². The Hall–Kier alpha value is -1.31. The number of rotatable bonds is 6. The minimum Gasteiger partial charge on any atom is -0.390 e. The molecule has 1 fully saturated rings. The minimum atomic E-state index is -0.0476. The molecule has 120 valence electrons. The van der Waals surface area contributed by atoms with E-state index in [9.17, 15) is 0 Å². The van der Waals surface area contributed by atoms with Crippen molar-refractivity contribution in [2.24, 2.45) is 0 Å². The van der Waals surface area contributed by atoms with E-state index in [-0.39, 0.29) is 6.61 Å².